The Morgan fingerprint density at radius 2 is 2.38 bits per heavy atom. The van der Waals surface area contributed by atoms with Gasteiger partial charge >= 0.3 is 0 Å². The van der Waals surface area contributed by atoms with Crippen LogP contribution in [-0.4, -0.2) is 0 Å². The first-order valence-electron chi connectivity index (χ1n) is 5.52. The van der Waals surface area contributed by atoms with Gasteiger partial charge in [-0.3, -0.25) is 0 Å². The Morgan fingerprint density at radius 3 is 3.23 bits per heavy atom. The molecular weight excluding hydrogens is 156 g/mol. The zero-order valence-electron chi connectivity index (χ0n) is 8.47. The lowest BCUT2D eigenvalue weighted by Crippen LogP contribution is -2.17. The molecule has 2 atom stereocenters. The Hall–Kier alpha value is -0.700. The predicted octanol–water partition coefficient (Wildman–Crippen LogP) is 3.54. The van der Waals surface area contributed by atoms with E-state index in [-0.39, 0.29) is 0 Å². The molecule has 3 rings (SSSR count). The third kappa shape index (κ3) is 2.15. The van der Waals surface area contributed by atoms with E-state index in [1.54, 1.807) is 5.57 Å². The van der Waals surface area contributed by atoms with Crippen molar-refractivity contribution in [3.05, 3.63) is 11.6 Å². The van der Waals surface area contributed by atoms with E-state index in [1.807, 2.05) is 0 Å². The molecule has 70 valence electrons. The van der Waals surface area contributed by atoms with Crippen LogP contribution in [0.4, 0.5) is 0 Å². The van der Waals surface area contributed by atoms with Gasteiger partial charge < -0.3 is 0 Å². The highest BCUT2D eigenvalue weighted by Crippen LogP contribution is 2.33. The Morgan fingerprint density at radius 1 is 1.46 bits per heavy atom. The quantitative estimate of drug-likeness (QED) is 0.389. The molecule has 0 radical (unpaired) electrons. The summed E-state index contributed by atoms with van der Waals surface area (Å²) in [5, 5.41) is 0. The fourth-order valence-electron chi connectivity index (χ4n) is 2.38. The number of hydrogen-bond donors (Lipinski definition) is 0. The summed E-state index contributed by atoms with van der Waals surface area (Å²) in [5.41, 5.74) is 1.70. The Balaban J connectivity index is 2.16. The fraction of sp³-hybridized carbons (Fsp3) is 0.692. The van der Waals surface area contributed by atoms with Gasteiger partial charge in [0.05, 0.1) is 0 Å². The fourth-order valence-corrected chi connectivity index (χ4v) is 2.38. The standard InChI is InChI=1S/C13H18/c1-11-10-12-6-4-2-3-5-7-13(11)9-8-12/h6,11,13H,2-4,8-10H2,1H3. The summed E-state index contributed by atoms with van der Waals surface area (Å²) in [7, 11) is 0. The second-order valence-electron chi connectivity index (χ2n) is 4.40. The van der Waals surface area contributed by atoms with Gasteiger partial charge in [0, 0.05) is 12.3 Å². The molecule has 0 spiro atoms. The Bertz CT molecular complexity index is 261. The third-order valence-electron chi connectivity index (χ3n) is 3.27. The zero-order valence-corrected chi connectivity index (χ0v) is 8.47. The van der Waals surface area contributed by atoms with Gasteiger partial charge in [0.25, 0.3) is 0 Å². The molecule has 0 saturated heterocycles. The van der Waals surface area contributed by atoms with Crippen LogP contribution in [-0.2, 0) is 0 Å². The van der Waals surface area contributed by atoms with Crippen molar-refractivity contribution in [2.45, 2.75) is 45.4 Å². The molecule has 0 heteroatoms. The summed E-state index contributed by atoms with van der Waals surface area (Å²) in [6, 6.07) is 0. The summed E-state index contributed by atoms with van der Waals surface area (Å²) in [6.45, 7) is 2.36. The lowest BCUT2D eigenvalue weighted by atomic mass is 9.77. The van der Waals surface area contributed by atoms with Crippen LogP contribution < -0.4 is 0 Å². The largest absolute Gasteiger partial charge is 0.103 e. The van der Waals surface area contributed by atoms with Crippen molar-refractivity contribution in [3.63, 3.8) is 0 Å². The summed E-state index contributed by atoms with van der Waals surface area (Å²) in [6.07, 6.45) is 10.0. The second-order valence-corrected chi connectivity index (χ2v) is 4.40. The lowest BCUT2D eigenvalue weighted by Gasteiger charge is -2.27. The van der Waals surface area contributed by atoms with E-state index in [4.69, 9.17) is 0 Å². The van der Waals surface area contributed by atoms with Gasteiger partial charge in [0.1, 0.15) is 0 Å². The highest BCUT2D eigenvalue weighted by Gasteiger charge is 2.22. The van der Waals surface area contributed by atoms with Crippen molar-refractivity contribution in [2.75, 3.05) is 0 Å². The van der Waals surface area contributed by atoms with Crippen molar-refractivity contribution in [3.8, 4) is 11.8 Å². The molecule has 13 heavy (non-hydrogen) atoms. The minimum atomic E-state index is 0.690. The molecule has 1 fully saturated rings. The van der Waals surface area contributed by atoms with Crippen LogP contribution in [0.1, 0.15) is 45.4 Å². The molecule has 0 aromatic rings. The highest BCUT2D eigenvalue weighted by molar-refractivity contribution is 5.15. The Kier molecular flexibility index (Phi) is 2.74. The predicted molar refractivity (Wildman–Crippen MR) is 56.2 cm³/mol. The average molecular weight is 174 g/mol. The van der Waals surface area contributed by atoms with E-state index >= 15 is 0 Å². The van der Waals surface area contributed by atoms with Crippen molar-refractivity contribution in [2.24, 2.45) is 11.8 Å². The van der Waals surface area contributed by atoms with Crippen LogP contribution in [0.15, 0.2) is 11.6 Å². The maximum atomic E-state index is 3.45. The van der Waals surface area contributed by atoms with Crippen molar-refractivity contribution < 1.29 is 0 Å². The van der Waals surface area contributed by atoms with Gasteiger partial charge in [-0.25, -0.2) is 0 Å². The van der Waals surface area contributed by atoms with Gasteiger partial charge in [0.2, 0.25) is 0 Å². The van der Waals surface area contributed by atoms with Gasteiger partial charge in [-0.15, -0.1) is 5.92 Å². The maximum absolute atomic E-state index is 3.45. The number of allylic oxidation sites excluding steroid dienone is 2. The van der Waals surface area contributed by atoms with E-state index in [1.165, 1.54) is 32.1 Å². The molecule has 0 aromatic heterocycles. The van der Waals surface area contributed by atoms with Crippen molar-refractivity contribution in [1.29, 1.82) is 0 Å². The number of hydrogen-bond acceptors (Lipinski definition) is 0. The monoisotopic (exact) mass is 174 g/mol. The summed E-state index contributed by atoms with van der Waals surface area (Å²) < 4.78 is 0. The average Bonchev–Trinajstić information content (AvgIpc) is 2.16. The SMILES string of the molecule is CC1CC2=CCCCC#CC1CC2. The van der Waals surface area contributed by atoms with E-state index in [9.17, 15) is 0 Å². The summed E-state index contributed by atoms with van der Waals surface area (Å²) in [5.74, 6) is 8.27. The van der Waals surface area contributed by atoms with Crippen LogP contribution in [0, 0.1) is 23.7 Å². The minimum Gasteiger partial charge on any atom is -0.103 e. The molecule has 0 aliphatic heterocycles. The first kappa shape index (κ1) is 8.88. The molecule has 0 heterocycles. The highest BCUT2D eigenvalue weighted by atomic mass is 14.3. The van der Waals surface area contributed by atoms with Gasteiger partial charge in [-0.2, -0.15) is 0 Å². The first-order valence-corrected chi connectivity index (χ1v) is 5.52. The lowest BCUT2D eigenvalue weighted by molar-refractivity contribution is 0.368. The van der Waals surface area contributed by atoms with Crippen LogP contribution in [0.5, 0.6) is 0 Å². The summed E-state index contributed by atoms with van der Waals surface area (Å²) in [4.78, 5) is 0. The van der Waals surface area contributed by atoms with E-state index in [0.29, 0.717) is 5.92 Å². The van der Waals surface area contributed by atoms with Crippen LogP contribution in [0.25, 0.3) is 0 Å². The molecule has 0 nitrogen and oxygen atoms in total. The topological polar surface area (TPSA) is 0 Å². The number of fused-ring (bicyclic) bond motifs is 6. The first-order chi connectivity index (χ1) is 6.36. The van der Waals surface area contributed by atoms with Gasteiger partial charge in [-0.05, 0) is 38.0 Å². The van der Waals surface area contributed by atoms with E-state index in [0.717, 1.165) is 12.3 Å². The van der Waals surface area contributed by atoms with Crippen LogP contribution in [0.2, 0.25) is 0 Å². The molecule has 3 aliphatic rings. The van der Waals surface area contributed by atoms with E-state index < -0.39 is 0 Å². The number of rotatable bonds is 0. The molecular formula is C13H18. The second kappa shape index (κ2) is 4.01. The molecule has 2 bridgehead atoms. The van der Waals surface area contributed by atoms with Gasteiger partial charge in [0.15, 0.2) is 0 Å². The smallest absolute Gasteiger partial charge is 0.0234 e. The van der Waals surface area contributed by atoms with Crippen molar-refractivity contribution >= 4 is 0 Å². The van der Waals surface area contributed by atoms with Crippen LogP contribution >= 0.6 is 0 Å². The molecule has 0 amide bonds. The maximum Gasteiger partial charge on any atom is 0.0234 e. The zero-order chi connectivity index (χ0) is 9.10. The molecule has 0 aromatic carbocycles. The van der Waals surface area contributed by atoms with Crippen molar-refractivity contribution in [1.82, 2.24) is 0 Å². The third-order valence-corrected chi connectivity index (χ3v) is 3.27. The van der Waals surface area contributed by atoms with Crippen LogP contribution in [0.3, 0.4) is 0 Å². The Labute approximate surface area is 81.4 Å². The van der Waals surface area contributed by atoms with E-state index in [2.05, 4.69) is 24.8 Å². The normalized spacial score (nSPS) is 33.2. The summed E-state index contributed by atoms with van der Waals surface area (Å²) >= 11 is 0. The minimum absolute atomic E-state index is 0.690. The molecule has 0 N–H and O–H groups in total. The van der Waals surface area contributed by atoms with Gasteiger partial charge in [-0.1, -0.05) is 24.5 Å². The molecule has 3 aliphatic carbocycles. The molecule has 1 saturated carbocycles. The molecule has 2 unspecified atom stereocenters.